The normalized spacial score (nSPS) is 11.1. The molecule has 0 radical (unpaired) electrons. The molecule has 0 saturated heterocycles. The Balaban J connectivity index is 3.05. The lowest BCUT2D eigenvalue weighted by atomic mass is 10.4. The van der Waals surface area contributed by atoms with Crippen molar-refractivity contribution >= 4 is 35.2 Å². The molecule has 0 fully saturated rings. The Morgan fingerprint density at radius 1 is 1.70 bits per heavy atom. The predicted molar refractivity (Wildman–Crippen MR) is 50.1 cm³/mol. The van der Waals surface area contributed by atoms with Crippen molar-refractivity contribution in [1.82, 2.24) is 0 Å². The van der Waals surface area contributed by atoms with Crippen molar-refractivity contribution in [2.75, 3.05) is 0 Å². The molecule has 0 atom stereocenters. The number of hydrogen-bond acceptors (Lipinski definition) is 3. The highest BCUT2D eigenvalue weighted by molar-refractivity contribution is 7.80. The smallest absolute Gasteiger partial charge is 0.129 e. The van der Waals surface area contributed by atoms with Gasteiger partial charge in [0.25, 0.3) is 0 Å². The van der Waals surface area contributed by atoms with E-state index in [-0.39, 0.29) is 0 Å². The number of thiol groups is 1. The fraction of sp³-hybridized carbons (Fsp3) is 0.286. The second kappa shape index (κ2) is 3.21. The van der Waals surface area contributed by atoms with E-state index in [0.29, 0.717) is 0 Å². The Kier molecular flexibility index (Phi) is 2.51. The molecule has 0 N–H and O–H groups in total. The van der Waals surface area contributed by atoms with Gasteiger partial charge in [0, 0.05) is 11.1 Å². The van der Waals surface area contributed by atoms with Crippen LogP contribution in [0, 0.1) is 6.92 Å². The number of nitrogens with zero attached hydrogens (tertiary/aromatic N) is 1. The van der Waals surface area contributed by atoms with Gasteiger partial charge in [0.1, 0.15) is 5.00 Å². The highest BCUT2D eigenvalue weighted by Gasteiger charge is 2.00. The average Bonchev–Trinajstić information content (AvgIpc) is 2.20. The molecule has 0 aliphatic heterocycles. The third kappa shape index (κ3) is 1.41. The fourth-order valence-electron chi connectivity index (χ4n) is 0.633. The van der Waals surface area contributed by atoms with E-state index in [4.69, 9.17) is 0 Å². The van der Waals surface area contributed by atoms with Crippen LogP contribution in [0.5, 0.6) is 0 Å². The lowest BCUT2D eigenvalue weighted by Gasteiger charge is -1.87. The molecule has 1 rings (SSSR count). The van der Waals surface area contributed by atoms with Gasteiger partial charge in [-0.1, -0.05) is 0 Å². The van der Waals surface area contributed by atoms with Gasteiger partial charge in [0.2, 0.25) is 0 Å². The molecule has 3 heteroatoms. The SMILES string of the molecule is CC=Nc1scc(C)c1S. The molecule has 0 saturated carbocycles. The number of aryl methyl sites for hydroxylation is 1. The largest absolute Gasteiger partial charge is 0.249 e. The van der Waals surface area contributed by atoms with Gasteiger partial charge in [-0.15, -0.1) is 24.0 Å². The monoisotopic (exact) mass is 171 g/mol. The summed E-state index contributed by atoms with van der Waals surface area (Å²) in [6.07, 6.45) is 1.78. The van der Waals surface area contributed by atoms with Crippen LogP contribution in [0.4, 0.5) is 5.00 Å². The molecule has 0 spiro atoms. The molecular formula is C7H9NS2. The Bertz CT molecular complexity index is 250. The minimum Gasteiger partial charge on any atom is -0.249 e. The summed E-state index contributed by atoms with van der Waals surface area (Å²) in [5, 5.41) is 3.06. The van der Waals surface area contributed by atoms with Crippen LogP contribution in [-0.2, 0) is 0 Å². The fourth-order valence-corrected chi connectivity index (χ4v) is 1.85. The highest BCUT2D eigenvalue weighted by Crippen LogP contribution is 2.32. The first kappa shape index (κ1) is 7.82. The standard InChI is InChI=1S/C7H9NS2/c1-3-8-7-6(9)5(2)4-10-7/h3-4,9H,1-2H3. The number of hydrogen-bond donors (Lipinski definition) is 1. The summed E-state index contributed by atoms with van der Waals surface area (Å²) >= 11 is 5.92. The van der Waals surface area contributed by atoms with Crippen LogP contribution >= 0.6 is 24.0 Å². The molecule has 54 valence electrons. The number of aliphatic imine (C=N–C) groups is 1. The van der Waals surface area contributed by atoms with Crippen LogP contribution in [0.1, 0.15) is 12.5 Å². The molecule has 0 unspecified atom stereocenters. The van der Waals surface area contributed by atoms with E-state index in [1.165, 1.54) is 5.56 Å². The predicted octanol–water partition coefficient (Wildman–Crippen LogP) is 3.07. The molecule has 0 bridgehead atoms. The topological polar surface area (TPSA) is 12.4 Å². The maximum absolute atomic E-state index is 4.29. The Labute approximate surface area is 70.2 Å². The minimum atomic E-state index is 1.00. The molecular weight excluding hydrogens is 162 g/mol. The summed E-state index contributed by atoms with van der Waals surface area (Å²) in [7, 11) is 0. The van der Waals surface area contributed by atoms with Crippen LogP contribution in [0.2, 0.25) is 0 Å². The Morgan fingerprint density at radius 2 is 2.40 bits per heavy atom. The molecule has 1 nitrogen and oxygen atoms in total. The summed E-state index contributed by atoms with van der Waals surface area (Å²) in [6, 6.07) is 0. The molecule has 0 aliphatic rings. The van der Waals surface area contributed by atoms with Gasteiger partial charge in [0.05, 0.1) is 0 Å². The van der Waals surface area contributed by atoms with Gasteiger partial charge in [-0.3, -0.25) is 0 Å². The van der Waals surface area contributed by atoms with Crippen molar-refractivity contribution in [3.8, 4) is 0 Å². The first-order valence-corrected chi connectivity index (χ1v) is 4.34. The van der Waals surface area contributed by atoms with Gasteiger partial charge < -0.3 is 0 Å². The lowest BCUT2D eigenvalue weighted by Crippen LogP contribution is -1.63. The van der Waals surface area contributed by atoms with Gasteiger partial charge in [-0.2, -0.15) is 0 Å². The maximum Gasteiger partial charge on any atom is 0.129 e. The minimum absolute atomic E-state index is 1.00. The van der Waals surface area contributed by atoms with Crippen LogP contribution in [0.15, 0.2) is 15.3 Å². The maximum atomic E-state index is 4.29. The highest BCUT2D eigenvalue weighted by atomic mass is 32.1. The summed E-state index contributed by atoms with van der Waals surface area (Å²) in [5.74, 6) is 0. The van der Waals surface area contributed by atoms with Gasteiger partial charge in [-0.25, -0.2) is 4.99 Å². The summed E-state index contributed by atoms with van der Waals surface area (Å²) < 4.78 is 0. The van der Waals surface area contributed by atoms with E-state index < -0.39 is 0 Å². The van der Waals surface area contributed by atoms with Crippen LogP contribution < -0.4 is 0 Å². The van der Waals surface area contributed by atoms with Crippen LogP contribution in [-0.4, -0.2) is 6.21 Å². The molecule has 0 aromatic carbocycles. The van der Waals surface area contributed by atoms with E-state index in [0.717, 1.165) is 9.90 Å². The summed E-state index contributed by atoms with van der Waals surface area (Å²) in [5.41, 5.74) is 1.20. The second-order valence-corrected chi connectivity index (χ2v) is 3.27. The van der Waals surface area contributed by atoms with Crippen LogP contribution in [0.3, 0.4) is 0 Å². The molecule has 0 aliphatic carbocycles. The first-order valence-electron chi connectivity index (χ1n) is 3.01. The van der Waals surface area contributed by atoms with E-state index in [9.17, 15) is 0 Å². The molecule has 0 amide bonds. The second-order valence-electron chi connectivity index (χ2n) is 1.96. The van der Waals surface area contributed by atoms with E-state index in [2.05, 4.69) is 23.0 Å². The molecule has 10 heavy (non-hydrogen) atoms. The number of rotatable bonds is 1. The molecule has 1 aromatic heterocycles. The van der Waals surface area contributed by atoms with Crippen molar-refractivity contribution in [2.45, 2.75) is 18.7 Å². The van der Waals surface area contributed by atoms with Crippen LogP contribution in [0.25, 0.3) is 0 Å². The first-order chi connectivity index (χ1) is 4.75. The van der Waals surface area contributed by atoms with Gasteiger partial charge >= 0.3 is 0 Å². The van der Waals surface area contributed by atoms with E-state index >= 15 is 0 Å². The quantitative estimate of drug-likeness (QED) is 0.492. The van der Waals surface area contributed by atoms with Crippen molar-refractivity contribution in [2.24, 2.45) is 4.99 Å². The van der Waals surface area contributed by atoms with Gasteiger partial charge in [0.15, 0.2) is 0 Å². The van der Waals surface area contributed by atoms with E-state index in [1.807, 2.05) is 13.8 Å². The Morgan fingerprint density at radius 3 is 2.80 bits per heavy atom. The summed E-state index contributed by atoms with van der Waals surface area (Å²) in [4.78, 5) is 5.15. The van der Waals surface area contributed by atoms with Gasteiger partial charge in [-0.05, 0) is 24.8 Å². The van der Waals surface area contributed by atoms with Crippen molar-refractivity contribution in [3.05, 3.63) is 10.9 Å². The average molecular weight is 171 g/mol. The zero-order valence-electron chi connectivity index (χ0n) is 5.96. The number of thiophene rings is 1. The van der Waals surface area contributed by atoms with Crippen molar-refractivity contribution < 1.29 is 0 Å². The van der Waals surface area contributed by atoms with E-state index in [1.54, 1.807) is 17.6 Å². The third-order valence-corrected chi connectivity index (χ3v) is 2.89. The Hall–Kier alpha value is -0.280. The summed E-state index contributed by atoms with van der Waals surface area (Å²) in [6.45, 7) is 3.94. The van der Waals surface area contributed by atoms with Crippen molar-refractivity contribution in [1.29, 1.82) is 0 Å². The third-order valence-electron chi connectivity index (χ3n) is 1.17. The molecule has 1 aromatic rings. The zero-order valence-corrected chi connectivity index (χ0v) is 7.67. The zero-order chi connectivity index (χ0) is 7.56. The lowest BCUT2D eigenvalue weighted by molar-refractivity contribution is 1.36. The van der Waals surface area contributed by atoms with Crippen molar-refractivity contribution in [3.63, 3.8) is 0 Å². The molecule has 1 heterocycles.